The molecule has 2 aromatic rings. The molecule has 0 amide bonds. The van der Waals surface area contributed by atoms with Gasteiger partial charge in [-0.1, -0.05) is 15.9 Å². The molecule has 0 atom stereocenters. The lowest BCUT2D eigenvalue weighted by Gasteiger charge is -2.10. The molecule has 0 aromatic heterocycles. The molecule has 0 saturated carbocycles. The predicted molar refractivity (Wildman–Crippen MR) is 72.2 cm³/mol. The third kappa shape index (κ3) is 3.11. The summed E-state index contributed by atoms with van der Waals surface area (Å²) in [5.74, 6) is -1.13. The van der Waals surface area contributed by atoms with Gasteiger partial charge in [0.2, 0.25) is 5.75 Å². The van der Waals surface area contributed by atoms with E-state index in [0.717, 1.165) is 24.3 Å². The highest BCUT2D eigenvalue weighted by atomic mass is 79.9. The summed E-state index contributed by atoms with van der Waals surface area (Å²) in [5, 5.41) is 11.2. The van der Waals surface area contributed by atoms with Crippen molar-refractivity contribution in [3.63, 3.8) is 0 Å². The van der Waals surface area contributed by atoms with Crippen LogP contribution in [0.4, 0.5) is 14.5 Å². The smallest absolute Gasteiger partial charge is 0.311 e. The van der Waals surface area contributed by atoms with E-state index in [-0.39, 0.29) is 17.2 Å². The van der Waals surface area contributed by atoms with Crippen LogP contribution in [0.5, 0.6) is 11.5 Å². The molecular formula is C13H8BrF2NO3. The second-order valence-corrected chi connectivity index (χ2v) is 4.42. The minimum absolute atomic E-state index is 0.219. The second kappa shape index (κ2) is 5.96. The maximum atomic E-state index is 13.2. The van der Waals surface area contributed by atoms with E-state index >= 15 is 0 Å². The minimum Gasteiger partial charge on any atom is -0.450 e. The summed E-state index contributed by atoms with van der Waals surface area (Å²) in [4.78, 5) is 10.2. The van der Waals surface area contributed by atoms with Crippen LogP contribution in [-0.4, -0.2) is 4.92 Å². The Morgan fingerprint density at radius 3 is 2.40 bits per heavy atom. The van der Waals surface area contributed by atoms with Crippen molar-refractivity contribution in [3.8, 4) is 11.5 Å². The van der Waals surface area contributed by atoms with Gasteiger partial charge in [-0.3, -0.25) is 10.1 Å². The van der Waals surface area contributed by atoms with Gasteiger partial charge < -0.3 is 4.74 Å². The molecule has 0 unspecified atom stereocenters. The van der Waals surface area contributed by atoms with E-state index in [4.69, 9.17) is 4.74 Å². The Balaban J connectivity index is 2.44. The van der Waals surface area contributed by atoms with Crippen LogP contribution in [0.25, 0.3) is 0 Å². The van der Waals surface area contributed by atoms with Gasteiger partial charge in [-0.05, 0) is 24.3 Å². The van der Waals surface area contributed by atoms with Crippen molar-refractivity contribution in [3.05, 3.63) is 63.7 Å². The monoisotopic (exact) mass is 343 g/mol. The zero-order valence-corrected chi connectivity index (χ0v) is 11.6. The molecule has 0 saturated heterocycles. The lowest BCUT2D eigenvalue weighted by atomic mass is 10.2. The lowest BCUT2D eigenvalue weighted by molar-refractivity contribution is -0.385. The highest BCUT2D eigenvalue weighted by Crippen LogP contribution is 2.34. The van der Waals surface area contributed by atoms with E-state index in [1.54, 1.807) is 0 Å². The van der Waals surface area contributed by atoms with Gasteiger partial charge in [0.1, 0.15) is 17.4 Å². The average molecular weight is 344 g/mol. The predicted octanol–water partition coefficient (Wildman–Crippen LogP) is 4.56. The molecular weight excluding hydrogens is 336 g/mol. The third-order valence-corrected chi connectivity index (χ3v) is 3.11. The first kappa shape index (κ1) is 14.4. The molecule has 7 heteroatoms. The van der Waals surface area contributed by atoms with Crippen LogP contribution in [0, 0.1) is 21.7 Å². The Bertz CT molecular complexity index is 664. The first-order valence-corrected chi connectivity index (χ1v) is 6.59. The molecule has 4 nitrogen and oxygen atoms in total. The summed E-state index contributed by atoms with van der Waals surface area (Å²) >= 11 is 3.16. The molecule has 0 fully saturated rings. The highest BCUT2D eigenvalue weighted by molar-refractivity contribution is 9.08. The summed E-state index contributed by atoms with van der Waals surface area (Å²) < 4.78 is 31.6. The van der Waals surface area contributed by atoms with Gasteiger partial charge in [0.25, 0.3) is 0 Å². The summed E-state index contributed by atoms with van der Waals surface area (Å²) in [6.07, 6.45) is 0. The van der Waals surface area contributed by atoms with E-state index in [2.05, 4.69) is 15.9 Å². The molecule has 20 heavy (non-hydrogen) atoms. The fourth-order valence-corrected chi connectivity index (χ4v) is 2.03. The van der Waals surface area contributed by atoms with E-state index in [9.17, 15) is 18.9 Å². The Hall–Kier alpha value is -2.02. The zero-order chi connectivity index (χ0) is 14.7. The van der Waals surface area contributed by atoms with Crippen LogP contribution in [0.3, 0.4) is 0 Å². The second-order valence-electron chi connectivity index (χ2n) is 3.86. The van der Waals surface area contributed by atoms with Crippen molar-refractivity contribution in [2.24, 2.45) is 0 Å². The molecule has 0 spiro atoms. The maximum absolute atomic E-state index is 13.2. The number of benzene rings is 2. The summed E-state index contributed by atoms with van der Waals surface area (Å²) in [6.45, 7) is 0. The highest BCUT2D eigenvalue weighted by Gasteiger charge is 2.18. The summed E-state index contributed by atoms with van der Waals surface area (Å²) in [6, 6.07) is 6.63. The van der Waals surface area contributed by atoms with Gasteiger partial charge in [-0.2, -0.15) is 0 Å². The molecule has 0 aliphatic heterocycles. The number of nitrogens with zero attached hydrogens (tertiary/aromatic N) is 1. The Kier molecular flexibility index (Phi) is 4.29. The zero-order valence-electron chi connectivity index (χ0n) is 9.98. The largest absolute Gasteiger partial charge is 0.450 e. The SMILES string of the molecule is O=[N+]([O-])c1ccc(F)cc1Oc1ccc(F)cc1CBr. The van der Waals surface area contributed by atoms with Gasteiger partial charge in [-0.15, -0.1) is 0 Å². The minimum atomic E-state index is -0.675. The number of alkyl halides is 1. The normalized spacial score (nSPS) is 10.3. The number of nitro benzene ring substituents is 1. The van der Waals surface area contributed by atoms with Gasteiger partial charge in [0.05, 0.1) is 4.92 Å². The summed E-state index contributed by atoms with van der Waals surface area (Å²) in [7, 11) is 0. The Morgan fingerprint density at radius 2 is 1.75 bits per heavy atom. The van der Waals surface area contributed by atoms with Crippen molar-refractivity contribution >= 4 is 21.6 Å². The summed E-state index contributed by atoms with van der Waals surface area (Å²) in [5.41, 5.74) is 0.0970. The molecule has 0 radical (unpaired) electrons. The van der Waals surface area contributed by atoms with Crippen LogP contribution in [0.2, 0.25) is 0 Å². The van der Waals surface area contributed by atoms with Crippen molar-refractivity contribution in [2.75, 3.05) is 0 Å². The molecule has 2 aromatic carbocycles. The molecule has 0 bridgehead atoms. The fraction of sp³-hybridized carbons (Fsp3) is 0.0769. The van der Waals surface area contributed by atoms with E-state index in [1.165, 1.54) is 12.1 Å². The molecule has 0 heterocycles. The van der Waals surface area contributed by atoms with E-state index in [0.29, 0.717) is 10.9 Å². The van der Waals surface area contributed by atoms with Crippen LogP contribution in [-0.2, 0) is 5.33 Å². The first-order chi connectivity index (χ1) is 9.51. The van der Waals surface area contributed by atoms with Crippen molar-refractivity contribution in [1.82, 2.24) is 0 Å². The average Bonchev–Trinajstić information content (AvgIpc) is 2.40. The number of hydrogen-bond donors (Lipinski definition) is 0. The van der Waals surface area contributed by atoms with Crippen LogP contribution in [0.15, 0.2) is 36.4 Å². The Morgan fingerprint density at radius 1 is 1.10 bits per heavy atom. The van der Waals surface area contributed by atoms with Crippen LogP contribution >= 0.6 is 15.9 Å². The van der Waals surface area contributed by atoms with E-state index < -0.39 is 16.6 Å². The van der Waals surface area contributed by atoms with Crippen LogP contribution < -0.4 is 4.74 Å². The van der Waals surface area contributed by atoms with Crippen molar-refractivity contribution in [1.29, 1.82) is 0 Å². The number of ether oxygens (including phenoxy) is 1. The fourth-order valence-electron chi connectivity index (χ4n) is 1.59. The van der Waals surface area contributed by atoms with E-state index in [1.807, 2.05) is 0 Å². The van der Waals surface area contributed by atoms with Gasteiger partial charge in [0.15, 0.2) is 0 Å². The van der Waals surface area contributed by atoms with Gasteiger partial charge >= 0.3 is 5.69 Å². The molecule has 0 N–H and O–H groups in total. The number of hydrogen-bond acceptors (Lipinski definition) is 3. The standard InChI is InChI=1S/C13H8BrF2NO3/c14-7-8-5-9(15)2-4-12(8)20-13-6-10(16)1-3-11(13)17(18)19/h1-6H,7H2. The number of rotatable bonds is 4. The molecule has 0 aliphatic rings. The first-order valence-electron chi connectivity index (χ1n) is 5.47. The topological polar surface area (TPSA) is 52.4 Å². The molecule has 0 aliphatic carbocycles. The number of nitro groups is 1. The lowest BCUT2D eigenvalue weighted by Crippen LogP contribution is -1.96. The molecule has 104 valence electrons. The maximum Gasteiger partial charge on any atom is 0.311 e. The number of halogens is 3. The Labute approximate surface area is 121 Å². The van der Waals surface area contributed by atoms with Crippen LogP contribution in [0.1, 0.15) is 5.56 Å². The van der Waals surface area contributed by atoms with Gasteiger partial charge in [0, 0.05) is 23.0 Å². The van der Waals surface area contributed by atoms with Crippen molar-refractivity contribution < 1.29 is 18.4 Å². The molecule has 2 rings (SSSR count). The quantitative estimate of drug-likeness (QED) is 0.464. The third-order valence-electron chi connectivity index (χ3n) is 2.50. The van der Waals surface area contributed by atoms with Crippen molar-refractivity contribution in [2.45, 2.75) is 5.33 Å². The van der Waals surface area contributed by atoms with Gasteiger partial charge in [-0.25, -0.2) is 8.78 Å².